The molecule has 1 fully saturated rings. The van der Waals surface area contributed by atoms with Crippen LogP contribution < -0.4 is 5.32 Å². The summed E-state index contributed by atoms with van der Waals surface area (Å²) in [7, 11) is 0. The van der Waals surface area contributed by atoms with Gasteiger partial charge in [-0.15, -0.1) is 24.8 Å². The van der Waals surface area contributed by atoms with Crippen LogP contribution in [0.5, 0.6) is 0 Å². The summed E-state index contributed by atoms with van der Waals surface area (Å²) in [6, 6.07) is 4.21. The number of piperidine rings is 1. The molecule has 0 aromatic carbocycles. The van der Waals surface area contributed by atoms with Gasteiger partial charge >= 0.3 is 0 Å². The Morgan fingerprint density at radius 2 is 2.18 bits per heavy atom. The van der Waals surface area contributed by atoms with Crippen LogP contribution in [0.4, 0.5) is 0 Å². The monoisotopic (exact) mass is 410 g/mol. The summed E-state index contributed by atoms with van der Waals surface area (Å²) in [5, 5.41) is 13.3. The van der Waals surface area contributed by atoms with Crippen molar-refractivity contribution in [1.82, 2.24) is 19.9 Å². The van der Waals surface area contributed by atoms with Crippen LogP contribution in [0.15, 0.2) is 23.1 Å². The van der Waals surface area contributed by atoms with Crippen molar-refractivity contribution in [2.75, 3.05) is 6.54 Å². The molecule has 0 amide bonds. The van der Waals surface area contributed by atoms with E-state index in [4.69, 9.17) is 0 Å². The molecule has 124 valence electrons. The minimum Gasteiger partial charge on any atom is -0.392 e. The number of aliphatic hydroxyl groups is 1. The molecule has 1 saturated heterocycles. The average molecular weight is 412 g/mol. The Bertz CT molecular complexity index is 595. The summed E-state index contributed by atoms with van der Waals surface area (Å²) in [5.74, 6) is 0. The number of imidazole rings is 1. The second-order valence-electron chi connectivity index (χ2n) is 5.33. The molecule has 0 unspecified atom stereocenters. The van der Waals surface area contributed by atoms with E-state index in [1.165, 1.54) is 0 Å². The highest BCUT2D eigenvalue weighted by Gasteiger charge is 2.21. The summed E-state index contributed by atoms with van der Waals surface area (Å²) in [4.78, 5) is 8.66. The van der Waals surface area contributed by atoms with Crippen LogP contribution in [-0.4, -0.2) is 38.3 Å². The second kappa shape index (κ2) is 9.03. The fraction of sp³-hybridized carbons (Fsp3) is 0.571. The summed E-state index contributed by atoms with van der Waals surface area (Å²) in [5.41, 5.74) is 1.83. The third-order valence-electron chi connectivity index (χ3n) is 3.91. The van der Waals surface area contributed by atoms with Crippen molar-refractivity contribution in [2.45, 2.75) is 44.4 Å². The largest absolute Gasteiger partial charge is 0.392 e. The predicted octanol–water partition coefficient (Wildman–Crippen LogP) is 2.93. The number of fused-ring (bicyclic) bond motifs is 1. The number of aliphatic hydroxyl groups excluding tert-OH is 1. The zero-order valence-electron chi connectivity index (χ0n) is 12.1. The molecule has 3 rings (SSSR count). The number of hydrogen-bond acceptors (Lipinski definition) is 4. The van der Waals surface area contributed by atoms with Crippen LogP contribution in [0.1, 0.15) is 25.7 Å². The van der Waals surface area contributed by atoms with Gasteiger partial charge in [-0.2, -0.15) is 0 Å². The Hall–Kier alpha value is -0.400. The zero-order valence-corrected chi connectivity index (χ0v) is 15.3. The summed E-state index contributed by atoms with van der Waals surface area (Å²) in [6.45, 7) is 1.93. The van der Waals surface area contributed by atoms with Gasteiger partial charge in [-0.1, -0.05) is 0 Å². The molecule has 2 aromatic heterocycles. The molecule has 5 nitrogen and oxygen atoms in total. The highest BCUT2D eigenvalue weighted by atomic mass is 79.9. The highest BCUT2D eigenvalue weighted by molar-refractivity contribution is 9.10. The van der Waals surface area contributed by atoms with E-state index < -0.39 is 0 Å². The summed E-state index contributed by atoms with van der Waals surface area (Å²) >= 11 is 3.36. The molecule has 0 spiro atoms. The lowest BCUT2D eigenvalue weighted by Gasteiger charge is -2.28. The van der Waals surface area contributed by atoms with E-state index in [9.17, 15) is 5.11 Å². The first-order chi connectivity index (χ1) is 9.74. The average Bonchev–Trinajstić information content (AvgIpc) is 2.83. The van der Waals surface area contributed by atoms with E-state index in [0.717, 1.165) is 54.5 Å². The van der Waals surface area contributed by atoms with E-state index >= 15 is 0 Å². The summed E-state index contributed by atoms with van der Waals surface area (Å²) in [6.07, 6.45) is 5.66. The fourth-order valence-corrected chi connectivity index (χ4v) is 3.11. The molecular weight excluding hydrogens is 391 g/mol. The van der Waals surface area contributed by atoms with Gasteiger partial charge in [0.15, 0.2) is 5.65 Å². The molecule has 0 radical (unpaired) electrons. The number of halogens is 3. The van der Waals surface area contributed by atoms with Crippen molar-refractivity contribution in [1.29, 1.82) is 0 Å². The first kappa shape index (κ1) is 19.6. The quantitative estimate of drug-likeness (QED) is 0.759. The number of aryl methyl sites for hydroxylation is 1. The van der Waals surface area contributed by atoms with Crippen LogP contribution in [0, 0.1) is 0 Å². The van der Waals surface area contributed by atoms with Crippen molar-refractivity contribution in [2.24, 2.45) is 0 Å². The van der Waals surface area contributed by atoms with Gasteiger partial charge in [0.2, 0.25) is 0 Å². The Morgan fingerprint density at radius 3 is 2.95 bits per heavy atom. The predicted molar refractivity (Wildman–Crippen MR) is 96.0 cm³/mol. The number of hydrogen-bond donors (Lipinski definition) is 2. The topological polar surface area (TPSA) is 63.0 Å². The second-order valence-corrected chi connectivity index (χ2v) is 6.14. The van der Waals surface area contributed by atoms with Crippen molar-refractivity contribution >= 4 is 51.9 Å². The number of rotatable bonds is 4. The van der Waals surface area contributed by atoms with Crippen LogP contribution >= 0.6 is 40.7 Å². The Morgan fingerprint density at radius 1 is 1.36 bits per heavy atom. The van der Waals surface area contributed by atoms with Crippen LogP contribution in [-0.2, 0) is 6.54 Å². The van der Waals surface area contributed by atoms with Gasteiger partial charge in [0.1, 0.15) is 4.60 Å². The first-order valence-electron chi connectivity index (χ1n) is 7.13. The van der Waals surface area contributed by atoms with E-state index in [1.807, 2.05) is 18.5 Å². The molecule has 0 bridgehead atoms. The van der Waals surface area contributed by atoms with Crippen molar-refractivity contribution < 1.29 is 5.11 Å². The summed E-state index contributed by atoms with van der Waals surface area (Å²) < 4.78 is 2.94. The number of aromatic nitrogens is 3. The van der Waals surface area contributed by atoms with E-state index in [0.29, 0.717) is 0 Å². The minimum atomic E-state index is -0.194. The normalized spacial score (nSPS) is 21.2. The maximum absolute atomic E-state index is 9.93. The van der Waals surface area contributed by atoms with Gasteiger partial charge in [-0.05, 0) is 60.3 Å². The number of nitrogens with zero attached hydrogens (tertiary/aromatic N) is 3. The van der Waals surface area contributed by atoms with Crippen LogP contribution in [0.2, 0.25) is 0 Å². The molecule has 1 aliphatic heterocycles. The fourth-order valence-electron chi connectivity index (χ4n) is 2.81. The van der Waals surface area contributed by atoms with Crippen molar-refractivity contribution in [3.8, 4) is 0 Å². The molecule has 3 heterocycles. The Kier molecular flexibility index (Phi) is 8.07. The van der Waals surface area contributed by atoms with E-state index in [-0.39, 0.29) is 37.0 Å². The van der Waals surface area contributed by atoms with Crippen LogP contribution in [0.3, 0.4) is 0 Å². The first-order valence-corrected chi connectivity index (χ1v) is 7.92. The van der Waals surface area contributed by atoms with E-state index in [2.05, 4.69) is 35.8 Å². The molecule has 1 aliphatic rings. The molecule has 2 atom stereocenters. The van der Waals surface area contributed by atoms with Gasteiger partial charge < -0.3 is 15.0 Å². The SMILES string of the molecule is Cl.Cl.O[C@H]1CCCN[C@@H]1CCCn1cnc2nc(Br)ccc21. The molecule has 22 heavy (non-hydrogen) atoms. The van der Waals surface area contributed by atoms with Crippen molar-refractivity contribution in [3.63, 3.8) is 0 Å². The lowest BCUT2D eigenvalue weighted by Crippen LogP contribution is -2.44. The molecular formula is C14H21BrCl2N4O. The third kappa shape index (κ3) is 4.55. The maximum Gasteiger partial charge on any atom is 0.178 e. The maximum atomic E-state index is 9.93. The molecule has 2 aromatic rings. The zero-order chi connectivity index (χ0) is 13.9. The molecule has 8 heteroatoms. The Balaban J connectivity index is 0.00000121. The Labute approximate surface area is 150 Å². The van der Waals surface area contributed by atoms with Gasteiger partial charge in [0.25, 0.3) is 0 Å². The molecule has 2 N–H and O–H groups in total. The number of nitrogens with one attached hydrogen (secondary N) is 1. The van der Waals surface area contributed by atoms with E-state index in [1.54, 1.807) is 0 Å². The molecule has 0 saturated carbocycles. The lowest BCUT2D eigenvalue weighted by atomic mass is 9.97. The van der Waals surface area contributed by atoms with Crippen molar-refractivity contribution in [3.05, 3.63) is 23.1 Å². The van der Waals surface area contributed by atoms with Gasteiger partial charge in [0, 0.05) is 12.6 Å². The highest BCUT2D eigenvalue weighted by Crippen LogP contribution is 2.17. The minimum absolute atomic E-state index is 0. The number of pyridine rings is 1. The lowest BCUT2D eigenvalue weighted by molar-refractivity contribution is 0.0909. The standard InChI is InChI=1S/C14H19BrN4O.2ClH/c15-13-6-5-11-14(18-13)17-9-19(11)8-2-3-10-12(20)4-1-7-16-10;;/h5-6,9-10,12,16,20H,1-4,7-8H2;2*1H/t10-,12+;;/m1../s1. The van der Waals surface area contributed by atoms with Gasteiger partial charge in [0.05, 0.1) is 17.9 Å². The smallest absolute Gasteiger partial charge is 0.178 e. The van der Waals surface area contributed by atoms with Gasteiger partial charge in [-0.25, -0.2) is 9.97 Å². The third-order valence-corrected chi connectivity index (χ3v) is 4.35. The molecule has 0 aliphatic carbocycles. The van der Waals surface area contributed by atoms with Gasteiger partial charge in [-0.3, -0.25) is 0 Å². The van der Waals surface area contributed by atoms with Crippen LogP contribution in [0.25, 0.3) is 11.2 Å².